The summed E-state index contributed by atoms with van der Waals surface area (Å²) in [4.78, 5) is 24.8. The second-order valence-corrected chi connectivity index (χ2v) is 6.88. The van der Waals surface area contributed by atoms with Gasteiger partial charge >= 0.3 is 0 Å². The molecule has 1 atom stereocenters. The summed E-state index contributed by atoms with van der Waals surface area (Å²) >= 11 is 1.30. The fraction of sp³-hybridized carbons (Fsp3) is 0.294. The Balaban J connectivity index is 1.64. The van der Waals surface area contributed by atoms with Crippen LogP contribution in [0.15, 0.2) is 35.1 Å². The summed E-state index contributed by atoms with van der Waals surface area (Å²) in [6, 6.07) is 8.65. The number of para-hydroxylation sites is 1. The minimum atomic E-state index is -0.371. The van der Waals surface area contributed by atoms with Gasteiger partial charge in [-0.25, -0.2) is 0 Å². The molecule has 25 heavy (non-hydrogen) atoms. The summed E-state index contributed by atoms with van der Waals surface area (Å²) in [6.45, 7) is 0.727. The van der Waals surface area contributed by atoms with Crippen LogP contribution in [-0.4, -0.2) is 27.3 Å². The van der Waals surface area contributed by atoms with E-state index < -0.39 is 0 Å². The molecule has 1 aliphatic heterocycles. The highest BCUT2D eigenvalue weighted by molar-refractivity contribution is 7.15. The quantitative estimate of drug-likeness (QED) is 0.779. The van der Waals surface area contributed by atoms with Crippen molar-refractivity contribution in [2.24, 2.45) is 7.05 Å². The van der Waals surface area contributed by atoms with Crippen molar-refractivity contribution in [3.63, 3.8) is 0 Å². The first kappa shape index (κ1) is 15.9. The van der Waals surface area contributed by atoms with Crippen molar-refractivity contribution in [2.75, 3.05) is 11.9 Å². The van der Waals surface area contributed by atoms with Crippen molar-refractivity contribution < 1.29 is 9.53 Å². The standard InChI is InChI=1S/C17H16N4O3S/c1-21-12-6-3-2-5-10(12)11(9-14(21)22)15(23)18-17-20-19-16(25-17)13-7-4-8-24-13/h2-3,5-6,9,13H,4,7-8H2,1H3,(H,18,20,23)/t13-/m0/s1. The molecule has 3 heterocycles. The third kappa shape index (κ3) is 2.94. The van der Waals surface area contributed by atoms with Gasteiger partial charge in [-0.1, -0.05) is 29.5 Å². The first-order chi connectivity index (χ1) is 12.1. The molecule has 1 saturated heterocycles. The van der Waals surface area contributed by atoms with Crippen LogP contribution in [0.2, 0.25) is 0 Å². The third-order valence-electron chi connectivity index (χ3n) is 4.26. The van der Waals surface area contributed by atoms with E-state index in [9.17, 15) is 9.59 Å². The van der Waals surface area contributed by atoms with Gasteiger partial charge in [-0.3, -0.25) is 14.9 Å². The second-order valence-electron chi connectivity index (χ2n) is 5.87. The molecular formula is C17H16N4O3S. The summed E-state index contributed by atoms with van der Waals surface area (Å²) < 4.78 is 7.10. The number of hydrogen-bond acceptors (Lipinski definition) is 6. The smallest absolute Gasteiger partial charge is 0.258 e. The summed E-state index contributed by atoms with van der Waals surface area (Å²) in [7, 11) is 1.69. The molecule has 1 aliphatic rings. The van der Waals surface area contributed by atoms with Crippen LogP contribution in [0.1, 0.15) is 34.3 Å². The average Bonchev–Trinajstić information content (AvgIpc) is 3.29. The van der Waals surface area contributed by atoms with Crippen LogP contribution in [0.25, 0.3) is 10.9 Å². The van der Waals surface area contributed by atoms with E-state index in [1.54, 1.807) is 7.05 Å². The number of benzene rings is 1. The highest BCUT2D eigenvalue weighted by atomic mass is 32.1. The fourth-order valence-electron chi connectivity index (χ4n) is 2.95. The minimum absolute atomic E-state index is 0.0343. The first-order valence-electron chi connectivity index (χ1n) is 7.98. The molecule has 1 aromatic carbocycles. The molecular weight excluding hydrogens is 340 g/mol. The lowest BCUT2D eigenvalue weighted by molar-refractivity contribution is 0.102. The molecule has 128 valence electrons. The van der Waals surface area contributed by atoms with Crippen LogP contribution in [-0.2, 0) is 11.8 Å². The Morgan fingerprint density at radius 3 is 3.00 bits per heavy atom. The zero-order valence-electron chi connectivity index (χ0n) is 13.6. The molecule has 3 aromatic rings. The Hall–Kier alpha value is -2.58. The molecule has 8 heteroatoms. The molecule has 0 spiro atoms. The Kier molecular flexibility index (Phi) is 4.06. The van der Waals surface area contributed by atoms with E-state index in [-0.39, 0.29) is 17.6 Å². The van der Waals surface area contributed by atoms with Crippen LogP contribution >= 0.6 is 11.3 Å². The monoisotopic (exact) mass is 356 g/mol. The van der Waals surface area contributed by atoms with Crippen LogP contribution in [0.3, 0.4) is 0 Å². The molecule has 2 aromatic heterocycles. The number of carbonyl (C=O) groups excluding carboxylic acids is 1. The summed E-state index contributed by atoms with van der Waals surface area (Å²) in [6.07, 6.45) is 1.89. The topological polar surface area (TPSA) is 86.1 Å². The number of aryl methyl sites for hydroxylation is 1. The van der Waals surface area contributed by atoms with Crippen LogP contribution in [0.4, 0.5) is 5.13 Å². The molecule has 1 N–H and O–H groups in total. The summed E-state index contributed by atoms with van der Waals surface area (Å²) in [5.74, 6) is -0.371. The number of aromatic nitrogens is 3. The maximum absolute atomic E-state index is 12.7. The Labute approximate surface area is 147 Å². The van der Waals surface area contributed by atoms with Crippen LogP contribution < -0.4 is 10.9 Å². The van der Waals surface area contributed by atoms with Gasteiger partial charge in [0.25, 0.3) is 11.5 Å². The van der Waals surface area contributed by atoms with Crippen molar-refractivity contribution in [3.8, 4) is 0 Å². The number of rotatable bonds is 3. The molecule has 0 saturated carbocycles. The first-order valence-corrected chi connectivity index (χ1v) is 8.80. The Morgan fingerprint density at radius 1 is 1.36 bits per heavy atom. The molecule has 4 rings (SSSR count). The molecule has 0 aliphatic carbocycles. The SMILES string of the molecule is Cn1c(=O)cc(C(=O)Nc2nnc([C@@H]3CCCO3)s2)c2ccccc21. The number of amides is 1. The van der Waals surface area contributed by atoms with E-state index in [4.69, 9.17) is 4.74 Å². The number of carbonyl (C=O) groups is 1. The second kappa shape index (κ2) is 6.38. The van der Waals surface area contributed by atoms with Crippen LogP contribution in [0.5, 0.6) is 0 Å². The van der Waals surface area contributed by atoms with Crippen molar-refractivity contribution in [1.29, 1.82) is 0 Å². The predicted molar refractivity (Wildman–Crippen MR) is 95.0 cm³/mol. The van der Waals surface area contributed by atoms with E-state index in [0.717, 1.165) is 24.5 Å². The number of pyridine rings is 1. The highest BCUT2D eigenvalue weighted by Gasteiger charge is 2.23. The highest BCUT2D eigenvalue weighted by Crippen LogP contribution is 2.32. The fourth-order valence-corrected chi connectivity index (χ4v) is 3.77. The zero-order chi connectivity index (χ0) is 17.4. The molecule has 0 bridgehead atoms. The number of nitrogens with zero attached hydrogens (tertiary/aromatic N) is 3. The largest absolute Gasteiger partial charge is 0.371 e. The van der Waals surface area contributed by atoms with E-state index in [2.05, 4.69) is 15.5 Å². The number of ether oxygens (including phenoxy) is 1. The zero-order valence-corrected chi connectivity index (χ0v) is 14.4. The number of anilines is 1. The van der Waals surface area contributed by atoms with Gasteiger partial charge in [0.2, 0.25) is 5.13 Å². The van der Waals surface area contributed by atoms with E-state index in [0.29, 0.717) is 21.6 Å². The molecule has 0 radical (unpaired) electrons. The Morgan fingerprint density at radius 2 is 2.20 bits per heavy atom. The van der Waals surface area contributed by atoms with Gasteiger partial charge in [0.1, 0.15) is 11.1 Å². The normalized spacial score (nSPS) is 17.1. The molecule has 1 amide bonds. The van der Waals surface area contributed by atoms with Crippen LogP contribution in [0, 0.1) is 0 Å². The maximum Gasteiger partial charge on any atom is 0.258 e. The van der Waals surface area contributed by atoms with Gasteiger partial charge in [-0.05, 0) is 18.9 Å². The maximum atomic E-state index is 12.7. The molecule has 7 nitrogen and oxygen atoms in total. The Bertz CT molecular complexity index is 1000. The van der Waals surface area contributed by atoms with Crippen molar-refractivity contribution in [2.45, 2.75) is 18.9 Å². The number of nitrogens with one attached hydrogen (secondary N) is 1. The average molecular weight is 356 g/mol. The molecule has 0 unspecified atom stereocenters. The van der Waals surface area contributed by atoms with Gasteiger partial charge in [0, 0.05) is 25.1 Å². The van der Waals surface area contributed by atoms with Gasteiger partial charge in [-0.15, -0.1) is 10.2 Å². The van der Waals surface area contributed by atoms with Gasteiger partial charge in [0.05, 0.1) is 11.1 Å². The van der Waals surface area contributed by atoms with Crippen molar-refractivity contribution in [1.82, 2.24) is 14.8 Å². The van der Waals surface area contributed by atoms with Crippen molar-refractivity contribution >= 4 is 33.3 Å². The third-order valence-corrected chi connectivity index (χ3v) is 5.20. The van der Waals surface area contributed by atoms with E-state index >= 15 is 0 Å². The lowest BCUT2D eigenvalue weighted by atomic mass is 10.1. The van der Waals surface area contributed by atoms with Gasteiger partial charge in [0.15, 0.2) is 0 Å². The van der Waals surface area contributed by atoms with E-state index in [1.807, 2.05) is 24.3 Å². The number of fused-ring (bicyclic) bond motifs is 1. The lowest BCUT2D eigenvalue weighted by Crippen LogP contribution is -2.21. The lowest BCUT2D eigenvalue weighted by Gasteiger charge is -2.09. The predicted octanol–water partition coefficient (Wildman–Crippen LogP) is 2.49. The summed E-state index contributed by atoms with van der Waals surface area (Å²) in [5, 5.41) is 12.7. The van der Waals surface area contributed by atoms with Gasteiger partial charge in [-0.2, -0.15) is 0 Å². The summed E-state index contributed by atoms with van der Waals surface area (Å²) in [5.41, 5.74) is 0.797. The van der Waals surface area contributed by atoms with E-state index in [1.165, 1.54) is 22.0 Å². The van der Waals surface area contributed by atoms with Gasteiger partial charge < -0.3 is 9.30 Å². The minimum Gasteiger partial charge on any atom is -0.371 e. The molecule has 1 fully saturated rings. The number of hydrogen-bond donors (Lipinski definition) is 1. The van der Waals surface area contributed by atoms with Crippen molar-refractivity contribution in [3.05, 3.63) is 51.3 Å².